The Bertz CT molecular complexity index is 943. The molecule has 0 atom stereocenters. The predicted molar refractivity (Wildman–Crippen MR) is 101 cm³/mol. The van der Waals surface area contributed by atoms with Crippen molar-refractivity contribution in [2.45, 2.75) is 0 Å². The Morgan fingerprint density at radius 3 is 1.62 bits per heavy atom. The number of terminal acetylenes is 1. The zero-order valence-corrected chi connectivity index (χ0v) is 13.9. The molecule has 0 N–H and O–H groups in total. The van der Waals surface area contributed by atoms with Gasteiger partial charge in [-0.1, -0.05) is 84.6 Å². The van der Waals surface area contributed by atoms with Crippen LogP contribution >= 0.6 is 7.14 Å². The van der Waals surface area contributed by atoms with E-state index < -0.39 is 7.14 Å². The fourth-order valence-electron chi connectivity index (χ4n) is 2.41. The van der Waals surface area contributed by atoms with Crippen molar-refractivity contribution < 1.29 is 4.57 Å². The molecular weight excluding hydrogens is 311 g/mol. The van der Waals surface area contributed by atoms with Crippen molar-refractivity contribution in [3.63, 3.8) is 0 Å². The van der Waals surface area contributed by atoms with Crippen molar-refractivity contribution in [3.05, 3.63) is 96.1 Å². The highest BCUT2D eigenvalue weighted by Crippen LogP contribution is 2.41. The molecule has 3 aromatic rings. The zero-order valence-electron chi connectivity index (χ0n) is 13.0. The van der Waals surface area contributed by atoms with Gasteiger partial charge in [0.05, 0.1) is 0 Å². The SMILES string of the molecule is C#Cc1ccccc1C#CP(=O)(c1ccccc1)c1ccccc1. The van der Waals surface area contributed by atoms with E-state index in [4.69, 9.17) is 6.42 Å². The summed E-state index contributed by atoms with van der Waals surface area (Å²) in [6.07, 6.45) is 5.53. The molecule has 0 unspecified atom stereocenters. The van der Waals surface area contributed by atoms with Crippen molar-refractivity contribution in [3.8, 4) is 23.9 Å². The molecular formula is C22H15OP. The third-order valence-corrected chi connectivity index (χ3v) is 6.15. The highest BCUT2D eigenvalue weighted by atomic mass is 31.2. The minimum absolute atomic E-state index is 0.706. The Morgan fingerprint density at radius 1 is 0.667 bits per heavy atom. The molecule has 0 heterocycles. The molecule has 0 saturated heterocycles. The fraction of sp³-hybridized carbons (Fsp3) is 0. The highest BCUT2D eigenvalue weighted by molar-refractivity contribution is 7.83. The molecule has 0 aliphatic heterocycles. The van der Waals surface area contributed by atoms with E-state index in [1.807, 2.05) is 84.9 Å². The second kappa shape index (κ2) is 7.06. The minimum atomic E-state index is -3.05. The van der Waals surface area contributed by atoms with E-state index >= 15 is 0 Å². The van der Waals surface area contributed by atoms with E-state index in [9.17, 15) is 4.57 Å². The standard InChI is InChI=1S/C22H15OP/c1-2-19-11-9-10-12-20(19)17-18-24(23,21-13-5-3-6-14-21)22-15-7-4-8-16-22/h1,3-16H. The predicted octanol–water partition coefficient (Wildman–Crippen LogP) is 3.99. The molecule has 0 bridgehead atoms. The summed E-state index contributed by atoms with van der Waals surface area (Å²) in [5, 5.41) is 1.45. The van der Waals surface area contributed by atoms with Crippen molar-refractivity contribution in [2.24, 2.45) is 0 Å². The van der Waals surface area contributed by atoms with Crippen LogP contribution in [0.4, 0.5) is 0 Å². The summed E-state index contributed by atoms with van der Waals surface area (Å²) in [5.74, 6) is 5.67. The normalized spacial score (nSPS) is 10.3. The van der Waals surface area contributed by atoms with E-state index in [1.165, 1.54) is 0 Å². The summed E-state index contributed by atoms with van der Waals surface area (Å²) in [5.41, 5.74) is 4.45. The Morgan fingerprint density at radius 2 is 1.12 bits per heavy atom. The van der Waals surface area contributed by atoms with Crippen LogP contribution in [0, 0.1) is 23.9 Å². The van der Waals surface area contributed by atoms with Gasteiger partial charge in [-0.3, -0.25) is 4.57 Å². The van der Waals surface area contributed by atoms with E-state index in [0.717, 1.165) is 10.6 Å². The first-order valence-electron chi connectivity index (χ1n) is 7.54. The van der Waals surface area contributed by atoms with Crippen LogP contribution < -0.4 is 10.6 Å². The topological polar surface area (TPSA) is 17.1 Å². The third-order valence-electron chi connectivity index (χ3n) is 3.67. The maximum absolute atomic E-state index is 13.8. The first kappa shape index (κ1) is 15.9. The van der Waals surface area contributed by atoms with Gasteiger partial charge in [0, 0.05) is 21.7 Å². The van der Waals surface area contributed by atoms with Gasteiger partial charge < -0.3 is 0 Å². The third kappa shape index (κ3) is 3.18. The Labute approximate surface area is 142 Å². The average molecular weight is 326 g/mol. The van der Waals surface area contributed by atoms with Gasteiger partial charge in [-0.2, -0.15) is 0 Å². The van der Waals surface area contributed by atoms with Crippen molar-refractivity contribution >= 4 is 17.8 Å². The molecule has 2 heteroatoms. The molecule has 114 valence electrons. The first-order chi connectivity index (χ1) is 11.7. The lowest BCUT2D eigenvalue weighted by Gasteiger charge is -2.12. The van der Waals surface area contributed by atoms with Crippen LogP contribution in [0.1, 0.15) is 11.1 Å². The number of hydrogen-bond donors (Lipinski definition) is 0. The molecule has 3 rings (SSSR count). The molecule has 24 heavy (non-hydrogen) atoms. The van der Waals surface area contributed by atoms with Gasteiger partial charge in [0.2, 0.25) is 7.14 Å². The molecule has 3 aromatic carbocycles. The van der Waals surface area contributed by atoms with E-state index in [0.29, 0.717) is 11.1 Å². The van der Waals surface area contributed by atoms with Crippen LogP contribution in [-0.4, -0.2) is 0 Å². The zero-order chi connectivity index (χ0) is 16.8. The second-order valence-electron chi connectivity index (χ2n) is 5.21. The Balaban J connectivity index is 2.17. The molecule has 0 fully saturated rings. The average Bonchev–Trinajstić information content (AvgIpc) is 2.67. The first-order valence-corrected chi connectivity index (χ1v) is 9.25. The minimum Gasteiger partial charge on any atom is -0.300 e. The van der Waals surface area contributed by atoms with E-state index in [1.54, 1.807) is 0 Å². The Kier molecular flexibility index (Phi) is 4.67. The van der Waals surface area contributed by atoms with Crippen molar-refractivity contribution in [1.29, 1.82) is 0 Å². The lowest BCUT2D eigenvalue weighted by Crippen LogP contribution is -2.14. The smallest absolute Gasteiger partial charge is 0.211 e. The summed E-state index contributed by atoms with van der Waals surface area (Å²) in [6.45, 7) is 0. The number of hydrogen-bond acceptors (Lipinski definition) is 1. The molecule has 0 amide bonds. The van der Waals surface area contributed by atoms with Gasteiger partial charge in [0.1, 0.15) is 0 Å². The van der Waals surface area contributed by atoms with Crippen LogP contribution in [-0.2, 0) is 4.57 Å². The number of rotatable bonds is 2. The summed E-state index contributed by atoms with van der Waals surface area (Å²) in [7, 11) is -3.05. The quantitative estimate of drug-likeness (QED) is 0.514. The van der Waals surface area contributed by atoms with Crippen LogP contribution in [0.3, 0.4) is 0 Å². The van der Waals surface area contributed by atoms with Crippen LogP contribution in [0.5, 0.6) is 0 Å². The van der Waals surface area contributed by atoms with Gasteiger partial charge in [0.25, 0.3) is 0 Å². The van der Waals surface area contributed by atoms with Crippen LogP contribution in [0.15, 0.2) is 84.9 Å². The van der Waals surface area contributed by atoms with Crippen LogP contribution in [0.25, 0.3) is 0 Å². The van der Waals surface area contributed by atoms with Gasteiger partial charge in [-0.05, 0) is 17.8 Å². The molecule has 0 aromatic heterocycles. The lowest BCUT2D eigenvalue weighted by atomic mass is 10.1. The highest BCUT2D eigenvalue weighted by Gasteiger charge is 2.24. The molecule has 0 aliphatic rings. The Hall–Kier alpha value is -2.99. The van der Waals surface area contributed by atoms with Gasteiger partial charge in [-0.25, -0.2) is 0 Å². The summed E-state index contributed by atoms with van der Waals surface area (Å²) >= 11 is 0. The van der Waals surface area contributed by atoms with Crippen molar-refractivity contribution in [2.75, 3.05) is 0 Å². The molecule has 0 radical (unpaired) electrons. The van der Waals surface area contributed by atoms with E-state index in [-0.39, 0.29) is 0 Å². The molecule has 0 saturated carbocycles. The van der Waals surface area contributed by atoms with Gasteiger partial charge in [0.15, 0.2) is 0 Å². The van der Waals surface area contributed by atoms with Gasteiger partial charge in [-0.15, -0.1) is 6.42 Å². The summed E-state index contributed by atoms with van der Waals surface area (Å²) < 4.78 is 13.8. The monoisotopic (exact) mass is 326 g/mol. The summed E-state index contributed by atoms with van der Waals surface area (Å²) in [4.78, 5) is 0. The maximum Gasteiger partial charge on any atom is 0.211 e. The van der Waals surface area contributed by atoms with E-state index in [2.05, 4.69) is 17.5 Å². The van der Waals surface area contributed by atoms with Gasteiger partial charge >= 0.3 is 0 Å². The maximum atomic E-state index is 13.8. The number of benzene rings is 3. The fourth-order valence-corrected chi connectivity index (χ4v) is 4.43. The lowest BCUT2D eigenvalue weighted by molar-refractivity contribution is 0.593. The van der Waals surface area contributed by atoms with Crippen LogP contribution in [0.2, 0.25) is 0 Å². The second-order valence-corrected chi connectivity index (χ2v) is 7.68. The molecule has 0 spiro atoms. The summed E-state index contributed by atoms with van der Waals surface area (Å²) in [6, 6.07) is 26.2. The molecule has 0 aliphatic carbocycles. The largest absolute Gasteiger partial charge is 0.300 e. The molecule has 1 nitrogen and oxygen atoms in total. The van der Waals surface area contributed by atoms with Crippen molar-refractivity contribution in [1.82, 2.24) is 0 Å².